The molecule has 6 heteroatoms. The minimum absolute atomic E-state index is 0.137. The summed E-state index contributed by atoms with van der Waals surface area (Å²) in [5.74, 6) is 1.04. The largest absolute Gasteiger partial charge is 0.497 e. The van der Waals surface area contributed by atoms with E-state index in [0.717, 1.165) is 5.56 Å². The zero-order chi connectivity index (χ0) is 14.6. The van der Waals surface area contributed by atoms with Crippen LogP contribution in [0.2, 0.25) is 0 Å². The number of carbonyl (C=O) groups excluding carboxylic acids is 1. The fourth-order valence-electron chi connectivity index (χ4n) is 2.02. The van der Waals surface area contributed by atoms with Crippen molar-refractivity contribution in [3.05, 3.63) is 29.8 Å². The zero-order valence-electron chi connectivity index (χ0n) is 11.9. The molecular formula is C14H19N3O3. The summed E-state index contributed by atoms with van der Waals surface area (Å²) in [5.41, 5.74) is -0.0215. The molecular weight excluding hydrogens is 258 g/mol. The van der Waals surface area contributed by atoms with E-state index in [2.05, 4.69) is 15.6 Å². The third-order valence-electron chi connectivity index (χ3n) is 3.27. The Labute approximate surface area is 118 Å². The molecule has 1 heterocycles. The molecule has 6 nitrogen and oxygen atoms in total. The average Bonchev–Trinajstić information content (AvgIpc) is 2.75. The van der Waals surface area contributed by atoms with E-state index >= 15 is 0 Å². The fourth-order valence-corrected chi connectivity index (χ4v) is 2.02. The molecule has 1 aliphatic heterocycles. The lowest BCUT2D eigenvalue weighted by Gasteiger charge is -2.22. The smallest absolute Gasteiger partial charge is 0.256 e. The summed E-state index contributed by atoms with van der Waals surface area (Å²) in [6.45, 7) is 2.82. The van der Waals surface area contributed by atoms with E-state index in [1.54, 1.807) is 14.2 Å². The molecule has 2 N–H and O–H groups in total. The van der Waals surface area contributed by atoms with Crippen molar-refractivity contribution in [3.8, 4) is 5.75 Å². The number of aliphatic imine (C=N–C) groups is 1. The summed E-state index contributed by atoms with van der Waals surface area (Å²) in [4.78, 5) is 16.5. The second kappa shape index (κ2) is 5.92. The molecule has 1 aliphatic rings. The second-order valence-corrected chi connectivity index (χ2v) is 4.66. The standard InChI is InChI=1S/C14H19N3O3/c1-14(10-5-4-6-11(9-10)20-3)12(18)16-13(17-14)15-7-8-19-2/h4-6,9H,7-8H2,1-3H3,(H2,15,16,17,18). The Morgan fingerprint density at radius 1 is 1.35 bits per heavy atom. The van der Waals surface area contributed by atoms with Crippen molar-refractivity contribution in [2.24, 2.45) is 4.99 Å². The fraction of sp³-hybridized carbons (Fsp3) is 0.429. The summed E-state index contributed by atoms with van der Waals surface area (Å²) in [5, 5.41) is 5.86. The molecule has 0 saturated carbocycles. The van der Waals surface area contributed by atoms with E-state index in [9.17, 15) is 4.79 Å². The van der Waals surface area contributed by atoms with Gasteiger partial charge in [0.05, 0.1) is 20.3 Å². The SMILES string of the molecule is COCCN=C1NC(=O)C(C)(c2cccc(OC)c2)N1. The normalized spacial score (nSPS) is 23.6. The molecule has 0 bridgehead atoms. The predicted octanol–water partition coefficient (Wildman–Crippen LogP) is 0.632. The van der Waals surface area contributed by atoms with Crippen LogP contribution < -0.4 is 15.4 Å². The average molecular weight is 277 g/mol. The molecule has 108 valence electrons. The Hall–Kier alpha value is -2.08. The molecule has 1 amide bonds. The minimum atomic E-state index is -0.847. The van der Waals surface area contributed by atoms with Gasteiger partial charge < -0.3 is 14.8 Å². The molecule has 1 aromatic rings. The van der Waals surface area contributed by atoms with Gasteiger partial charge >= 0.3 is 0 Å². The topological polar surface area (TPSA) is 72.0 Å². The van der Waals surface area contributed by atoms with Gasteiger partial charge in [0.2, 0.25) is 0 Å². The number of carbonyl (C=O) groups is 1. The van der Waals surface area contributed by atoms with Gasteiger partial charge in [-0.25, -0.2) is 0 Å². The lowest BCUT2D eigenvalue weighted by Crippen LogP contribution is -2.40. The molecule has 1 atom stereocenters. The highest BCUT2D eigenvalue weighted by atomic mass is 16.5. The molecule has 0 spiro atoms. The van der Waals surface area contributed by atoms with Crippen LogP contribution in [0.5, 0.6) is 5.75 Å². The Morgan fingerprint density at radius 3 is 2.85 bits per heavy atom. The van der Waals surface area contributed by atoms with Gasteiger partial charge in [0.1, 0.15) is 11.3 Å². The Morgan fingerprint density at radius 2 is 2.15 bits per heavy atom. The van der Waals surface area contributed by atoms with Crippen molar-refractivity contribution in [2.45, 2.75) is 12.5 Å². The summed E-state index contributed by atoms with van der Waals surface area (Å²) >= 11 is 0. The van der Waals surface area contributed by atoms with Gasteiger partial charge in [0.25, 0.3) is 5.91 Å². The van der Waals surface area contributed by atoms with Crippen molar-refractivity contribution >= 4 is 11.9 Å². The van der Waals surface area contributed by atoms with Crippen LogP contribution in [0.3, 0.4) is 0 Å². The summed E-state index contributed by atoms with van der Waals surface area (Å²) in [6, 6.07) is 7.42. The van der Waals surface area contributed by atoms with Crippen molar-refractivity contribution < 1.29 is 14.3 Å². The molecule has 1 aromatic carbocycles. The van der Waals surface area contributed by atoms with Crippen LogP contribution in [0.4, 0.5) is 0 Å². The third kappa shape index (κ3) is 2.75. The maximum absolute atomic E-state index is 12.2. The van der Waals surface area contributed by atoms with Crippen LogP contribution >= 0.6 is 0 Å². The van der Waals surface area contributed by atoms with E-state index in [1.165, 1.54) is 0 Å². The molecule has 1 fully saturated rings. The summed E-state index contributed by atoms with van der Waals surface area (Å²) in [6.07, 6.45) is 0. The maximum atomic E-state index is 12.2. The van der Waals surface area contributed by atoms with Crippen LogP contribution in [0.25, 0.3) is 0 Å². The van der Waals surface area contributed by atoms with Gasteiger partial charge in [-0.1, -0.05) is 12.1 Å². The van der Waals surface area contributed by atoms with Gasteiger partial charge in [-0.05, 0) is 24.6 Å². The first-order chi connectivity index (χ1) is 9.60. The number of nitrogens with one attached hydrogen (secondary N) is 2. The predicted molar refractivity (Wildman–Crippen MR) is 75.8 cm³/mol. The number of nitrogens with zero attached hydrogens (tertiary/aromatic N) is 1. The Kier molecular flexibility index (Phi) is 4.24. The van der Waals surface area contributed by atoms with E-state index < -0.39 is 5.54 Å². The van der Waals surface area contributed by atoms with Gasteiger partial charge in [0, 0.05) is 7.11 Å². The highest BCUT2D eigenvalue weighted by molar-refractivity contribution is 6.09. The molecule has 0 aliphatic carbocycles. The number of hydrogen-bond acceptors (Lipinski definition) is 4. The van der Waals surface area contributed by atoms with Crippen LogP contribution in [0.1, 0.15) is 12.5 Å². The first-order valence-electron chi connectivity index (χ1n) is 6.37. The van der Waals surface area contributed by atoms with Gasteiger partial charge in [0.15, 0.2) is 5.96 Å². The maximum Gasteiger partial charge on any atom is 0.256 e. The first kappa shape index (κ1) is 14.3. The quantitative estimate of drug-likeness (QED) is 0.774. The van der Waals surface area contributed by atoms with Crippen molar-refractivity contribution in [3.63, 3.8) is 0 Å². The number of methoxy groups -OCH3 is 2. The third-order valence-corrected chi connectivity index (χ3v) is 3.27. The van der Waals surface area contributed by atoms with Gasteiger partial charge in [-0.3, -0.25) is 15.1 Å². The zero-order valence-corrected chi connectivity index (χ0v) is 11.9. The number of ether oxygens (including phenoxy) is 2. The lowest BCUT2D eigenvalue weighted by atomic mass is 9.92. The molecule has 1 unspecified atom stereocenters. The van der Waals surface area contributed by atoms with Crippen molar-refractivity contribution in [1.82, 2.24) is 10.6 Å². The number of amides is 1. The monoisotopic (exact) mass is 277 g/mol. The molecule has 2 rings (SSSR count). The minimum Gasteiger partial charge on any atom is -0.497 e. The second-order valence-electron chi connectivity index (χ2n) is 4.66. The summed E-state index contributed by atoms with van der Waals surface area (Å²) in [7, 11) is 3.21. The Bertz CT molecular complexity index is 530. The highest BCUT2D eigenvalue weighted by Crippen LogP contribution is 2.27. The molecule has 0 radical (unpaired) electrons. The molecule has 1 saturated heterocycles. The van der Waals surface area contributed by atoms with E-state index in [1.807, 2.05) is 31.2 Å². The highest BCUT2D eigenvalue weighted by Gasteiger charge is 2.42. The number of rotatable bonds is 5. The number of hydrogen-bond donors (Lipinski definition) is 2. The van der Waals surface area contributed by atoms with Crippen LogP contribution in [0, 0.1) is 0 Å². The lowest BCUT2D eigenvalue weighted by molar-refractivity contribution is -0.123. The van der Waals surface area contributed by atoms with Gasteiger partial charge in [-0.2, -0.15) is 0 Å². The molecule has 20 heavy (non-hydrogen) atoms. The van der Waals surface area contributed by atoms with E-state index in [0.29, 0.717) is 24.9 Å². The van der Waals surface area contributed by atoms with E-state index in [-0.39, 0.29) is 5.91 Å². The van der Waals surface area contributed by atoms with Crippen LogP contribution in [-0.2, 0) is 15.1 Å². The van der Waals surface area contributed by atoms with Crippen molar-refractivity contribution in [2.75, 3.05) is 27.4 Å². The molecule has 0 aromatic heterocycles. The Balaban J connectivity index is 2.21. The van der Waals surface area contributed by atoms with Gasteiger partial charge in [-0.15, -0.1) is 0 Å². The number of guanidine groups is 1. The summed E-state index contributed by atoms with van der Waals surface area (Å²) < 4.78 is 10.1. The van der Waals surface area contributed by atoms with E-state index in [4.69, 9.17) is 9.47 Å². The van der Waals surface area contributed by atoms with Crippen molar-refractivity contribution in [1.29, 1.82) is 0 Å². The van der Waals surface area contributed by atoms with Crippen LogP contribution in [0.15, 0.2) is 29.3 Å². The number of benzene rings is 1. The van der Waals surface area contributed by atoms with Crippen LogP contribution in [-0.4, -0.2) is 39.2 Å². The first-order valence-corrected chi connectivity index (χ1v) is 6.37.